The van der Waals surface area contributed by atoms with Crippen molar-refractivity contribution in [1.29, 1.82) is 0 Å². The summed E-state index contributed by atoms with van der Waals surface area (Å²) in [6, 6.07) is 11.1. The number of rotatable bonds is 7. The van der Waals surface area contributed by atoms with Crippen LogP contribution in [0.4, 0.5) is 0 Å². The van der Waals surface area contributed by atoms with Gasteiger partial charge in [-0.25, -0.2) is 18.2 Å². The fourth-order valence-electron chi connectivity index (χ4n) is 3.35. The van der Waals surface area contributed by atoms with Crippen molar-refractivity contribution in [2.75, 3.05) is 19.7 Å². The molecule has 0 N–H and O–H groups in total. The quantitative estimate of drug-likeness (QED) is 0.384. The lowest BCUT2D eigenvalue weighted by Crippen LogP contribution is -2.27. The Morgan fingerprint density at radius 2 is 1.81 bits per heavy atom. The van der Waals surface area contributed by atoms with Crippen LogP contribution >= 0.6 is 11.3 Å². The van der Waals surface area contributed by atoms with Gasteiger partial charge < -0.3 is 4.74 Å². The summed E-state index contributed by atoms with van der Waals surface area (Å²) in [6.45, 7) is 2.27. The highest BCUT2D eigenvalue weighted by Crippen LogP contribution is 2.27. The zero-order valence-electron chi connectivity index (χ0n) is 17.4. The minimum Gasteiger partial charge on any atom is -0.453 e. The van der Waals surface area contributed by atoms with E-state index in [-0.39, 0.29) is 10.5 Å². The van der Waals surface area contributed by atoms with Crippen molar-refractivity contribution in [3.63, 3.8) is 0 Å². The van der Waals surface area contributed by atoms with E-state index in [0.717, 1.165) is 24.2 Å². The van der Waals surface area contributed by atoms with Gasteiger partial charge in [-0.05, 0) is 56.2 Å². The number of thiazole rings is 1. The highest BCUT2D eigenvalue weighted by molar-refractivity contribution is 7.89. The summed E-state index contributed by atoms with van der Waals surface area (Å²) in [7, 11) is -3.54. The minimum atomic E-state index is -3.54. The third-order valence-corrected chi connectivity index (χ3v) is 8.15. The molecular formula is C22H21N3O5S2. The van der Waals surface area contributed by atoms with Gasteiger partial charge in [0.15, 0.2) is 12.4 Å². The number of Topliss-reactive ketones (excluding diaryl/α,β-unsaturated/α-hetero) is 1. The zero-order valence-corrected chi connectivity index (χ0v) is 19.0. The molecule has 1 saturated heterocycles. The Hall–Kier alpha value is -2.95. The number of ketones is 1. The monoisotopic (exact) mass is 471 g/mol. The number of carbonyl (C=O) groups is 2. The van der Waals surface area contributed by atoms with Crippen LogP contribution in [-0.4, -0.2) is 54.1 Å². The molecule has 32 heavy (non-hydrogen) atoms. The number of aryl methyl sites for hydroxylation is 1. The van der Waals surface area contributed by atoms with Gasteiger partial charge in [-0.2, -0.15) is 4.31 Å². The summed E-state index contributed by atoms with van der Waals surface area (Å²) in [5, 5.41) is 0.594. The number of hydrogen-bond acceptors (Lipinski definition) is 8. The van der Waals surface area contributed by atoms with Crippen molar-refractivity contribution < 1.29 is 22.7 Å². The van der Waals surface area contributed by atoms with E-state index in [2.05, 4.69) is 9.97 Å². The molecule has 0 atom stereocenters. The van der Waals surface area contributed by atoms with Gasteiger partial charge in [-0.1, -0.05) is 6.07 Å². The molecule has 1 aliphatic heterocycles. The number of esters is 1. The van der Waals surface area contributed by atoms with Crippen LogP contribution in [0.5, 0.6) is 0 Å². The lowest BCUT2D eigenvalue weighted by atomic mass is 10.1. The van der Waals surface area contributed by atoms with Crippen molar-refractivity contribution in [1.82, 2.24) is 14.3 Å². The van der Waals surface area contributed by atoms with Crippen molar-refractivity contribution in [2.24, 2.45) is 0 Å². The first kappa shape index (κ1) is 22.3. The average Bonchev–Trinajstić information content (AvgIpc) is 3.48. The van der Waals surface area contributed by atoms with Crippen LogP contribution in [0.1, 0.15) is 38.6 Å². The third-order valence-electron chi connectivity index (χ3n) is 5.08. The Labute approximate surface area is 189 Å². The molecule has 4 rings (SSSR count). The molecule has 1 aromatic carbocycles. The van der Waals surface area contributed by atoms with Crippen LogP contribution in [0.2, 0.25) is 0 Å². The van der Waals surface area contributed by atoms with Crippen molar-refractivity contribution in [3.8, 4) is 10.7 Å². The lowest BCUT2D eigenvalue weighted by Gasteiger charge is -2.15. The maximum Gasteiger partial charge on any atom is 0.350 e. The first-order valence-electron chi connectivity index (χ1n) is 10.1. The molecule has 166 valence electrons. The smallest absolute Gasteiger partial charge is 0.350 e. The number of sulfonamides is 1. The predicted molar refractivity (Wildman–Crippen MR) is 119 cm³/mol. The Morgan fingerprint density at radius 3 is 2.47 bits per heavy atom. The van der Waals surface area contributed by atoms with E-state index in [0.29, 0.717) is 34.4 Å². The Morgan fingerprint density at radius 1 is 1.09 bits per heavy atom. The number of aromatic nitrogens is 2. The summed E-state index contributed by atoms with van der Waals surface area (Å²) in [5.41, 5.74) is 1.43. The van der Waals surface area contributed by atoms with Crippen LogP contribution < -0.4 is 0 Å². The van der Waals surface area contributed by atoms with Gasteiger partial charge in [0.25, 0.3) is 0 Å². The number of carbonyl (C=O) groups excluding carboxylic acids is 2. The molecule has 1 aliphatic rings. The molecule has 0 spiro atoms. The van der Waals surface area contributed by atoms with Crippen LogP contribution in [0.3, 0.4) is 0 Å². The number of benzene rings is 1. The minimum absolute atomic E-state index is 0.148. The SMILES string of the molecule is Cc1nc(-c2ccccn2)sc1C(=O)OCC(=O)c1ccc(S(=O)(=O)N2CCCC2)cc1. The first-order valence-corrected chi connectivity index (χ1v) is 12.3. The molecule has 0 saturated carbocycles. The second-order valence-corrected chi connectivity index (χ2v) is 10.2. The molecule has 0 radical (unpaired) electrons. The summed E-state index contributed by atoms with van der Waals surface area (Å²) in [5.74, 6) is -1.06. The number of hydrogen-bond donors (Lipinski definition) is 0. The van der Waals surface area contributed by atoms with Crippen LogP contribution in [0.25, 0.3) is 10.7 Å². The molecule has 2 aromatic heterocycles. The molecule has 3 heterocycles. The van der Waals surface area contributed by atoms with E-state index in [1.165, 1.54) is 28.6 Å². The van der Waals surface area contributed by atoms with E-state index >= 15 is 0 Å². The van der Waals surface area contributed by atoms with Crippen LogP contribution in [0.15, 0.2) is 53.6 Å². The molecule has 1 fully saturated rings. The molecular weight excluding hydrogens is 450 g/mol. The van der Waals surface area contributed by atoms with Crippen LogP contribution in [0, 0.1) is 6.92 Å². The van der Waals surface area contributed by atoms with Gasteiger partial charge in [0.05, 0.1) is 16.3 Å². The fourth-order valence-corrected chi connectivity index (χ4v) is 5.81. The second-order valence-electron chi connectivity index (χ2n) is 7.28. The lowest BCUT2D eigenvalue weighted by molar-refractivity contribution is 0.0478. The van der Waals surface area contributed by atoms with E-state index in [1.807, 2.05) is 6.07 Å². The molecule has 8 nitrogen and oxygen atoms in total. The summed E-state index contributed by atoms with van der Waals surface area (Å²) in [6.07, 6.45) is 3.35. The predicted octanol–water partition coefficient (Wildman–Crippen LogP) is 3.34. The second kappa shape index (κ2) is 9.27. The number of ether oxygens (including phenoxy) is 1. The fraction of sp³-hybridized carbons (Fsp3) is 0.273. The van der Waals surface area contributed by atoms with Gasteiger partial charge in [0.1, 0.15) is 9.88 Å². The topological polar surface area (TPSA) is 107 Å². The first-order chi connectivity index (χ1) is 15.4. The Balaban J connectivity index is 1.40. The maximum atomic E-state index is 12.6. The standard InChI is InChI=1S/C22H21N3O5S2/c1-15-20(31-21(24-15)18-6-2-3-11-23-18)22(27)30-14-19(26)16-7-9-17(10-8-16)32(28,29)25-12-4-5-13-25/h2-3,6-11H,4-5,12-14H2,1H3. The largest absolute Gasteiger partial charge is 0.453 e. The highest BCUT2D eigenvalue weighted by atomic mass is 32.2. The molecule has 3 aromatic rings. The summed E-state index contributed by atoms with van der Waals surface area (Å²) >= 11 is 1.15. The summed E-state index contributed by atoms with van der Waals surface area (Å²) < 4.78 is 31.8. The van der Waals surface area contributed by atoms with Gasteiger partial charge >= 0.3 is 5.97 Å². The molecule has 0 aliphatic carbocycles. The van der Waals surface area contributed by atoms with Crippen molar-refractivity contribution in [2.45, 2.75) is 24.7 Å². The van der Waals surface area contributed by atoms with E-state index in [9.17, 15) is 18.0 Å². The zero-order chi connectivity index (χ0) is 22.7. The number of nitrogens with zero attached hydrogens (tertiary/aromatic N) is 3. The van der Waals surface area contributed by atoms with Gasteiger partial charge in [-0.15, -0.1) is 11.3 Å². The molecule has 0 unspecified atom stereocenters. The van der Waals surface area contributed by atoms with Crippen molar-refractivity contribution in [3.05, 3.63) is 64.8 Å². The average molecular weight is 472 g/mol. The molecule has 10 heteroatoms. The van der Waals surface area contributed by atoms with Gasteiger partial charge in [-0.3, -0.25) is 9.78 Å². The summed E-state index contributed by atoms with van der Waals surface area (Å²) in [4.78, 5) is 34.0. The Bertz CT molecular complexity index is 1230. The van der Waals surface area contributed by atoms with Gasteiger partial charge in [0.2, 0.25) is 10.0 Å². The third kappa shape index (κ3) is 4.62. The van der Waals surface area contributed by atoms with Crippen LogP contribution in [-0.2, 0) is 14.8 Å². The van der Waals surface area contributed by atoms with Gasteiger partial charge in [0, 0.05) is 24.8 Å². The van der Waals surface area contributed by atoms with E-state index < -0.39 is 28.4 Å². The Kier molecular flexibility index (Phi) is 6.45. The normalized spacial score (nSPS) is 14.4. The maximum absolute atomic E-state index is 12.6. The van der Waals surface area contributed by atoms with E-state index in [1.54, 1.807) is 25.3 Å². The number of pyridine rings is 1. The molecule has 0 bridgehead atoms. The van der Waals surface area contributed by atoms with Crippen molar-refractivity contribution >= 4 is 33.1 Å². The highest BCUT2D eigenvalue weighted by Gasteiger charge is 2.27. The van der Waals surface area contributed by atoms with E-state index in [4.69, 9.17) is 4.74 Å². The molecule has 0 amide bonds.